The molecule has 10 heteroatoms. The van der Waals surface area contributed by atoms with Gasteiger partial charge in [-0.05, 0) is 42.0 Å². The molecule has 6 nitrogen and oxygen atoms in total. The highest BCUT2D eigenvalue weighted by Gasteiger charge is 2.32. The SMILES string of the molecule is O=C(Cc1ccccc1)N(c1ccc2oc(=O)sc2c1)S(=O)(=O)c1ccc(Cl)c(Cl)c1. The molecule has 1 amide bonds. The number of rotatable bonds is 5. The molecular formula is C21H13Cl2NO5S2. The summed E-state index contributed by atoms with van der Waals surface area (Å²) in [6.07, 6.45) is -0.152. The average Bonchev–Trinajstić information content (AvgIpc) is 3.10. The number of benzene rings is 3. The van der Waals surface area contributed by atoms with Crippen molar-refractivity contribution in [1.82, 2.24) is 0 Å². The number of fused-ring (bicyclic) bond motifs is 1. The molecule has 31 heavy (non-hydrogen) atoms. The fourth-order valence-electron chi connectivity index (χ4n) is 2.99. The fourth-order valence-corrected chi connectivity index (χ4v) is 5.49. The Morgan fingerprint density at radius 2 is 1.71 bits per heavy atom. The van der Waals surface area contributed by atoms with Crippen molar-refractivity contribution < 1.29 is 17.6 Å². The van der Waals surface area contributed by atoms with E-state index in [0.29, 0.717) is 20.2 Å². The van der Waals surface area contributed by atoms with E-state index in [1.165, 1.54) is 36.4 Å². The molecule has 0 spiro atoms. The summed E-state index contributed by atoms with van der Waals surface area (Å²) in [6.45, 7) is 0. The second kappa shape index (κ2) is 8.47. The molecule has 0 fully saturated rings. The normalized spacial score (nSPS) is 11.5. The van der Waals surface area contributed by atoms with Gasteiger partial charge in [0.2, 0.25) is 5.91 Å². The van der Waals surface area contributed by atoms with Crippen LogP contribution in [0.2, 0.25) is 10.0 Å². The molecule has 0 saturated carbocycles. The molecule has 0 aliphatic heterocycles. The van der Waals surface area contributed by atoms with E-state index < -0.39 is 20.9 Å². The highest BCUT2D eigenvalue weighted by molar-refractivity contribution is 7.93. The maximum atomic E-state index is 13.5. The molecule has 0 aliphatic carbocycles. The summed E-state index contributed by atoms with van der Waals surface area (Å²) in [6, 6.07) is 16.9. The molecule has 158 valence electrons. The lowest BCUT2D eigenvalue weighted by atomic mass is 10.1. The molecule has 3 aromatic carbocycles. The second-order valence-electron chi connectivity index (χ2n) is 6.49. The van der Waals surface area contributed by atoms with Crippen molar-refractivity contribution in [3.05, 3.63) is 92.1 Å². The average molecular weight is 494 g/mol. The Hall–Kier alpha value is -2.65. The molecule has 0 saturated heterocycles. The summed E-state index contributed by atoms with van der Waals surface area (Å²) in [7, 11) is -4.34. The van der Waals surface area contributed by atoms with Crippen LogP contribution in [0.1, 0.15) is 5.56 Å². The number of nitrogens with zero attached hydrogens (tertiary/aromatic N) is 1. The third-order valence-electron chi connectivity index (χ3n) is 4.40. The summed E-state index contributed by atoms with van der Waals surface area (Å²) < 4.78 is 33.1. The Balaban J connectivity index is 1.85. The van der Waals surface area contributed by atoms with Gasteiger partial charge in [0.1, 0.15) is 5.58 Å². The van der Waals surface area contributed by atoms with Crippen molar-refractivity contribution >= 4 is 66.4 Å². The Labute approximate surface area is 191 Å². The van der Waals surface area contributed by atoms with Crippen molar-refractivity contribution in [2.24, 2.45) is 0 Å². The first-order chi connectivity index (χ1) is 14.8. The van der Waals surface area contributed by atoms with Crippen LogP contribution in [0.15, 0.2) is 80.8 Å². The maximum absolute atomic E-state index is 13.5. The predicted octanol–water partition coefficient (Wildman–Crippen LogP) is 5.13. The second-order valence-corrected chi connectivity index (χ2v) is 10.1. The molecule has 4 rings (SSSR count). The van der Waals surface area contributed by atoms with Gasteiger partial charge in [-0.3, -0.25) is 4.79 Å². The van der Waals surface area contributed by atoms with Crippen molar-refractivity contribution in [1.29, 1.82) is 0 Å². The fraction of sp³-hybridized carbons (Fsp3) is 0.0476. The first kappa shape index (κ1) is 21.6. The quantitative estimate of drug-likeness (QED) is 0.384. The third-order valence-corrected chi connectivity index (χ3v) is 7.68. The van der Waals surface area contributed by atoms with E-state index in [-0.39, 0.29) is 27.0 Å². The molecule has 0 unspecified atom stereocenters. The Kier molecular flexibility index (Phi) is 5.90. The standard InChI is InChI=1S/C21H13Cl2NO5S2/c22-16-8-7-15(12-17(16)23)31(27,28)24(20(25)10-13-4-2-1-3-5-13)14-6-9-18-19(11-14)30-21(26)29-18/h1-9,11-12H,10H2. The van der Waals surface area contributed by atoms with Gasteiger partial charge in [0.25, 0.3) is 10.0 Å². The zero-order valence-corrected chi connectivity index (χ0v) is 18.8. The summed E-state index contributed by atoms with van der Waals surface area (Å²) in [5.41, 5.74) is 1.04. The van der Waals surface area contributed by atoms with Gasteiger partial charge in [0.05, 0.1) is 31.7 Å². The van der Waals surface area contributed by atoms with Gasteiger partial charge in [-0.1, -0.05) is 64.9 Å². The minimum Gasteiger partial charge on any atom is -0.414 e. The lowest BCUT2D eigenvalue weighted by Gasteiger charge is -2.23. The molecule has 0 radical (unpaired) electrons. The lowest BCUT2D eigenvalue weighted by Crippen LogP contribution is -2.38. The van der Waals surface area contributed by atoms with Gasteiger partial charge < -0.3 is 4.42 Å². The number of hydrogen-bond acceptors (Lipinski definition) is 6. The van der Waals surface area contributed by atoms with E-state index in [4.69, 9.17) is 27.6 Å². The van der Waals surface area contributed by atoms with Crippen LogP contribution in [0.3, 0.4) is 0 Å². The van der Waals surface area contributed by atoms with Gasteiger partial charge in [0.15, 0.2) is 0 Å². The van der Waals surface area contributed by atoms with E-state index in [1.54, 1.807) is 30.3 Å². The highest BCUT2D eigenvalue weighted by atomic mass is 35.5. The minimum absolute atomic E-state index is 0.0432. The highest BCUT2D eigenvalue weighted by Crippen LogP contribution is 2.32. The first-order valence-corrected chi connectivity index (χ1v) is 11.9. The van der Waals surface area contributed by atoms with Crippen LogP contribution in [0, 0.1) is 0 Å². The number of carbonyl (C=O) groups excluding carboxylic acids is 1. The smallest absolute Gasteiger partial charge is 0.396 e. The molecule has 1 heterocycles. The van der Waals surface area contributed by atoms with Gasteiger partial charge in [-0.25, -0.2) is 17.5 Å². The van der Waals surface area contributed by atoms with Crippen LogP contribution < -0.4 is 9.24 Å². The van der Waals surface area contributed by atoms with Crippen molar-refractivity contribution in [3.63, 3.8) is 0 Å². The van der Waals surface area contributed by atoms with Crippen LogP contribution in [-0.2, 0) is 21.2 Å². The molecule has 4 aromatic rings. The minimum atomic E-state index is -4.34. The number of sulfonamides is 1. The summed E-state index contributed by atoms with van der Waals surface area (Å²) in [4.78, 5) is 24.1. The van der Waals surface area contributed by atoms with Crippen LogP contribution in [-0.4, -0.2) is 14.3 Å². The number of anilines is 1. The van der Waals surface area contributed by atoms with Crippen LogP contribution >= 0.6 is 34.5 Å². The molecule has 0 aliphatic rings. The Morgan fingerprint density at radius 1 is 0.968 bits per heavy atom. The number of hydrogen-bond donors (Lipinski definition) is 0. The maximum Gasteiger partial charge on any atom is 0.396 e. The molecule has 1 aromatic heterocycles. The summed E-state index contributed by atoms with van der Waals surface area (Å²) in [5.74, 6) is -0.674. The summed E-state index contributed by atoms with van der Waals surface area (Å²) >= 11 is 12.8. The Morgan fingerprint density at radius 3 is 2.42 bits per heavy atom. The van der Waals surface area contributed by atoms with Gasteiger partial charge in [0, 0.05) is 0 Å². The molecule has 0 N–H and O–H groups in total. The van der Waals surface area contributed by atoms with Crippen molar-refractivity contribution in [2.75, 3.05) is 4.31 Å². The van der Waals surface area contributed by atoms with E-state index in [2.05, 4.69) is 0 Å². The topological polar surface area (TPSA) is 84.7 Å². The van der Waals surface area contributed by atoms with Gasteiger partial charge in [-0.15, -0.1) is 0 Å². The van der Waals surface area contributed by atoms with Crippen LogP contribution in [0.25, 0.3) is 10.3 Å². The number of halogens is 2. The van der Waals surface area contributed by atoms with Gasteiger partial charge >= 0.3 is 4.94 Å². The van der Waals surface area contributed by atoms with Crippen molar-refractivity contribution in [2.45, 2.75) is 11.3 Å². The predicted molar refractivity (Wildman–Crippen MR) is 122 cm³/mol. The van der Waals surface area contributed by atoms with E-state index >= 15 is 0 Å². The molecular weight excluding hydrogens is 481 g/mol. The van der Waals surface area contributed by atoms with Gasteiger partial charge in [-0.2, -0.15) is 0 Å². The van der Waals surface area contributed by atoms with E-state index in [1.807, 2.05) is 0 Å². The monoisotopic (exact) mass is 493 g/mol. The Bertz CT molecular complexity index is 1450. The van der Waals surface area contributed by atoms with E-state index in [0.717, 1.165) is 11.3 Å². The summed E-state index contributed by atoms with van der Waals surface area (Å²) in [5, 5.41) is 0.231. The first-order valence-electron chi connectivity index (χ1n) is 8.86. The number of amides is 1. The third kappa shape index (κ3) is 4.38. The van der Waals surface area contributed by atoms with Crippen LogP contribution in [0.4, 0.5) is 5.69 Å². The van der Waals surface area contributed by atoms with Crippen molar-refractivity contribution in [3.8, 4) is 0 Å². The zero-order valence-electron chi connectivity index (χ0n) is 15.6. The largest absolute Gasteiger partial charge is 0.414 e. The van der Waals surface area contributed by atoms with Crippen LogP contribution in [0.5, 0.6) is 0 Å². The lowest BCUT2D eigenvalue weighted by molar-refractivity contribution is -0.116. The van der Waals surface area contributed by atoms with E-state index in [9.17, 15) is 18.0 Å². The molecule has 0 atom stereocenters. The number of carbonyl (C=O) groups is 1. The zero-order chi connectivity index (χ0) is 22.2. The molecule has 0 bridgehead atoms.